The van der Waals surface area contributed by atoms with Gasteiger partial charge in [0.25, 0.3) is 0 Å². The molecular formula is C14H15NO3. The Morgan fingerprint density at radius 1 is 1.28 bits per heavy atom. The van der Waals surface area contributed by atoms with Crippen molar-refractivity contribution in [3.05, 3.63) is 48.4 Å². The van der Waals surface area contributed by atoms with E-state index >= 15 is 0 Å². The molecule has 2 rings (SSSR count). The number of phenols is 1. The minimum absolute atomic E-state index is 0.0112. The van der Waals surface area contributed by atoms with Crippen molar-refractivity contribution in [2.75, 3.05) is 11.9 Å². The van der Waals surface area contributed by atoms with E-state index < -0.39 is 0 Å². The number of furan rings is 1. The zero-order chi connectivity index (χ0) is 13.0. The molecule has 0 saturated heterocycles. The lowest BCUT2D eigenvalue weighted by atomic mass is 10.2. The van der Waals surface area contributed by atoms with Gasteiger partial charge in [-0.25, -0.2) is 0 Å². The summed E-state index contributed by atoms with van der Waals surface area (Å²) < 4.78 is 5.18. The molecule has 1 amide bonds. The fourth-order valence-electron chi connectivity index (χ4n) is 1.67. The molecule has 1 aromatic carbocycles. The van der Waals surface area contributed by atoms with Crippen LogP contribution in [0, 0.1) is 0 Å². The predicted molar refractivity (Wildman–Crippen MR) is 68.5 cm³/mol. The van der Waals surface area contributed by atoms with Gasteiger partial charge in [0, 0.05) is 25.6 Å². The second-order valence-electron chi connectivity index (χ2n) is 4.05. The number of nitrogens with zero attached hydrogens (tertiary/aromatic N) is 1. The van der Waals surface area contributed by atoms with Crippen molar-refractivity contribution in [2.24, 2.45) is 0 Å². The molecule has 2 aromatic rings. The zero-order valence-corrected chi connectivity index (χ0v) is 10.2. The first kappa shape index (κ1) is 12.2. The van der Waals surface area contributed by atoms with Gasteiger partial charge in [-0.05, 0) is 36.4 Å². The maximum absolute atomic E-state index is 11.9. The normalized spacial score (nSPS) is 10.3. The van der Waals surface area contributed by atoms with Gasteiger partial charge >= 0.3 is 0 Å². The number of rotatable bonds is 4. The van der Waals surface area contributed by atoms with Gasteiger partial charge in [0.05, 0.1) is 6.26 Å². The molecule has 0 radical (unpaired) electrons. The molecule has 18 heavy (non-hydrogen) atoms. The molecule has 0 atom stereocenters. The third kappa shape index (κ3) is 2.91. The van der Waals surface area contributed by atoms with E-state index in [1.807, 2.05) is 12.1 Å². The van der Waals surface area contributed by atoms with Gasteiger partial charge in [-0.1, -0.05) is 0 Å². The van der Waals surface area contributed by atoms with Crippen LogP contribution < -0.4 is 4.90 Å². The van der Waals surface area contributed by atoms with Gasteiger partial charge < -0.3 is 14.4 Å². The van der Waals surface area contributed by atoms with Crippen LogP contribution in [0.1, 0.15) is 12.2 Å². The fourth-order valence-corrected chi connectivity index (χ4v) is 1.67. The summed E-state index contributed by atoms with van der Waals surface area (Å²) in [5.74, 6) is 1.01. The topological polar surface area (TPSA) is 53.7 Å². The number of amides is 1. The number of phenolic OH excluding ortho intramolecular Hbond substituents is 1. The number of carbonyl (C=O) groups is 1. The van der Waals surface area contributed by atoms with E-state index in [4.69, 9.17) is 4.42 Å². The molecular weight excluding hydrogens is 230 g/mol. The zero-order valence-electron chi connectivity index (χ0n) is 10.2. The maximum atomic E-state index is 11.9. The Labute approximate surface area is 105 Å². The highest BCUT2D eigenvalue weighted by Crippen LogP contribution is 2.18. The van der Waals surface area contributed by atoms with E-state index in [0.717, 1.165) is 11.4 Å². The molecule has 0 aliphatic heterocycles. The van der Waals surface area contributed by atoms with Crippen molar-refractivity contribution in [1.82, 2.24) is 0 Å². The van der Waals surface area contributed by atoms with E-state index in [1.165, 1.54) is 0 Å². The summed E-state index contributed by atoms with van der Waals surface area (Å²) in [4.78, 5) is 13.5. The number of hydrogen-bond donors (Lipinski definition) is 1. The lowest BCUT2D eigenvalue weighted by Gasteiger charge is -2.17. The van der Waals surface area contributed by atoms with Gasteiger partial charge in [0.2, 0.25) is 5.91 Å². The van der Waals surface area contributed by atoms with E-state index in [9.17, 15) is 9.90 Å². The summed E-state index contributed by atoms with van der Waals surface area (Å²) >= 11 is 0. The summed E-state index contributed by atoms with van der Waals surface area (Å²) in [7, 11) is 1.72. The first-order valence-corrected chi connectivity index (χ1v) is 5.75. The average Bonchev–Trinajstić information content (AvgIpc) is 2.89. The van der Waals surface area contributed by atoms with Crippen molar-refractivity contribution >= 4 is 11.6 Å². The third-order valence-electron chi connectivity index (χ3n) is 2.78. The van der Waals surface area contributed by atoms with Crippen molar-refractivity contribution in [2.45, 2.75) is 12.8 Å². The molecule has 0 fully saturated rings. The van der Waals surface area contributed by atoms with Gasteiger partial charge in [-0.2, -0.15) is 0 Å². The van der Waals surface area contributed by atoms with E-state index in [0.29, 0.717) is 12.8 Å². The van der Waals surface area contributed by atoms with E-state index in [2.05, 4.69) is 0 Å². The lowest BCUT2D eigenvalue weighted by Crippen LogP contribution is -2.26. The standard InChI is InChI=1S/C14H15NO3/c1-15(11-4-6-12(16)7-5-11)14(17)9-8-13-3-2-10-18-13/h2-7,10,16H,8-9H2,1H3. The Morgan fingerprint density at radius 3 is 2.61 bits per heavy atom. The first-order chi connectivity index (χ1) is 8.66. The maximum Gasteiger partial charge on any atom is 0.227 e. The Balaban J connectivity index is 1.94. The third-order valence-corrected chi connectivity index (χ3v) is 2.78. The number of aryl methyl sites for hydroxylation is 1. The van der Waals surface area contributed by atoms with Gasteiger partial charge in [-0.15, -0.1) is 0 Å². The Bertz CT molecular complexity index is 502. The summed E-state index contributed by atoms with van der Waals surface area (Å²) in [5, 5.41) is 9.19. The second-order valence-corrected chi connectivity index (χ2v) is 4.05. The molecule has 4 nitrogen and oxygen atoms in total. The molecule has 0 spiro atoms. The van der Waals surface area contributed by atoms with Crippen LogP contribution in [-0.2, 0) is 11.2 Å². The molecule has 1 aromatic heterocycles. The highest BCUT2D eigenvalue weighted by atomic mass is 16.3. The molecule has 0 aliphatic carbocycles. The monoisotopic (exact) mass is 245 g/mol. The number of anilines is 1. The lowest BCUT2D eigenvalue weighted by molar-refractivity contribution is -0.118. The van der Waals surface area contributed by atoms with Crippen LogP contribution in [0.5, 0.6) is 5.75 Å². The van der Waals surface area contributed by atoms with Crippen LogP contribution in [0.25, 0.3) is 0 Å². The van der Waals surface area contributed by atoms with Crippen LogP contribution in [0.3, 0.4) is 0 Å². The average molecular weight is 245 g/mol. The smallest absolute Gasteiger partial charge is 0.227 e. The first-order valence-electron chi connectivity index (χ1n) is 5.75. The Kier molecular flexibility index (Phi) is 3.67. The summed E-state index contributed by atoms with van der Waals surface area (Å²) in [6.45, 7) is 0. The molecule has 1 heterocycles. The Morgan fingerprint density at radius 2 is 2.00 bits per heavy atom. The predicted octanol–water partition coefficient (Wildman–Crippen LogP) is 2.58. The van der Waals surface area contributed by atoms with Crippen LogP contribution >= 0.6 is 0 Å². The van der Waals surface area contributed by atoms with Gasteiger partial charge in [0.1, 0.15) is 11.5 Å². The van der Waals surface area contributed by atoms with Crippen molar-refractivity contribution in [3.63, 3.8) is 0 Å². The van der Waals surface area contributed by atoms with Gasteiger partial charge in [0.15, 0.2) is 0 Å². The molecule has 0 saturated carbocycles. The number of hydrogen-bond acceptors (Lipinski definition) is 3. The number of carbonyl (C=O) groups excluding carboxylic acids is 1. The van der Waals surface area contributed by atoms with Gasteiger partial charge in [-0.3, -0.25) is 4.79 Å². The molecule has 94 valence electrons. The summed E-state index contributed by atoms with van der Waals surface area (Å²) in [5.41, 5.74) is 0.761. The van der Waals surface area contributed by atoms with Crippen LogP contribution in [0.2, 0.25) is 0 Å². The van der Waals surface area contributed by atoms with Crippen LogP contribution in [-0.4, -0.2) is 18.1 Å². The van der Waals surface area contributed by atoms with Crippen molar-refractivity contribution in [3.8, 4) is 5.75 Å². The molecule has 0 bridgehead atoms. The van der Waals surface area contributed by atoms with Crippen LogP contribution in [0.4, 0.5) is 5.69 Å². The highest BCUT2D eigenvalue weighted by molar-refractivity contribution is 5.92. The second kappa shape index (κ2) is 5.40. The van der Waals surface area contributed by atoms with E-state index in [1.54, 1.807) is 42.5 Å². The quantitative estimate of drug-likeness (QED) is 0.900. The summed E-state index contributed by atoms with van der Waals surface area (Å²) in [6.07, 6.45) is 2.59. The number of benzene rings is 1. The fraction of sp³-hybridized carbons (Fsp3) is 0.214. The minimum atomic E-state index is 0.0112. The Hall–Kier alpha value is -2.23. The van der Waals surface area contributed by atoms with E-state index in [-0.39, 0.29) is 11.7 Å². The SMILES string of the molecule is CN(C(=O)CCc1ccco1)c1ccc(O)cc1. The van der Waals surface area contributed by atoms with Crippen molar-refractivity contribution < 1.29 is 14.3 Å². The largest absolute Gasteiger partial charge is 0.508 e. The van der Waals surface area contributed by atoms with Crippen molar-refractivity contribution in [1.29, 1.82) is 0 Å². The van der Waals surface area contributed by atoms with Crippen LogP contribution in [0.15, 0.2) is 47.1 Å². The minimum Gasteiger partial charge on any atom is -0.508 e. The summed E-state index contributed by atoms with van der Waals surface area (Å²) in [6, 6.07) is 10.2. The molecule has 1 N–H and O–H groups in total. The molecule has 4 heteroatoms. The molecule has 0 unspecified atom stereocenters. The number of aromatic hydroxyl groups is 1. The highest BCUT2D eigenvalue weighted by Gasteiger charge is 2.11. The molecule has 0 aliphatic rings.